The van der Waals surface area contributed by atoms with E-state index < -0.39 is 12.6 Å². The zero-order chi connectivity index (χ0) is 18.0. The van der Waals surface area contributed by atoms with Gasteiger partial charge in [-0.2, -0.15) is 0 Å². The van der Waals surface area contributed by atoms with Crippen molar-refractivity contribution in [2.24, 2.45) is 0 Å². The molecule has 0 saturated carbocycles. The first-order valence-corrected chi connectivity index (χ1v) is 8.81. The van der Waals surface area contributed by atoms with Gasteiger partial charge in [-0.05, 0) is 24.6 Å². The summed E-state index contributed by atoms with van der Waals surface area (Å²) in [5.41, 5.74) is 0. The monoisotopic (exact) mass is 377 g/mol. The summed E-state index contributed by atoms with van der Waals surface area (Å²) >= 11 is 11.3. The summed E-state index contributed by atoms with van der Waals surface area (Å²) in [6, 6.07) is 4.51. The number of rotatable bonds is 6. The van der Waals surface area contributed by atoms with Crippen LogP contribution in [-0.2, 0) is 9.53 Å². The normalized spacial score (nSPS) is 16.0. The SMILES string of the molecule is CCCC[N+]1(C)CCOCC1.O=C([O-])COc1ccc(Cl)cc1Cl. The molecule has 0 N–H and O–H groups in total. The quantitative estimate of drug-likeness (QED) is 0.714. The summed E-state index contributed by atoms with van der Waals surface area (Å²) in [5, 5.41) is 10.8. The molecule has 0 amide bonds. The van der Waals surface area contributed by atoms with Crippen LogP contribution in [0.15, 0.2) is 18.2 Å². The fourth-order valence-corrected chi connectivity index (χ4v) is 2.74. The van der Waals surface area contributed by atoms with Crippen LogP contribution in [-0.4, -0.2) is 57.0 Å². The Balaban J connectivity index is 0.000000243. The van der Waals surface area contributed by atoms with Gasteiger partial charge in [-0.3, -0.25) is 0 Å². The first-order chi connectivity index (χ1) is 11.4. The van der Waals surface area contributed by atoms with Crippen LogP contribution in [0.5, 0.6) is 5.75 Å². The Hall–Kier alpha value is -1.01. The van der Waals surface area contributed by atoms with Gasteiger partial charge in [0.1, 0.15) is 25.4 Å². The van der Waals surface area contributed by atoms with Gasteiger partial charge in [-0.15, -0.1) is 0 Å². The number of benzene rings is 1. The molecule has 0 aliphatic carbocycles. The molecule has 136 valence electrons. The van der Waals surface area contributed by atoms with E-state index >= 15 is 0 Å². The summed E-state index contributed by atoms with van der Waals surface area (Å²) in [5.74, 6) is -1.03. The van der Waals surface area contributed by atoms with E-state index in [2.05, 4.69) is 14.0 Å². The molecule has 0 bridgehead atoms. The Morgan fingerprint density at radius 1 is 1.33 bits per heavy atom. The number of carbonyl (C=O) groups excluding carboxylic acids is 1. The van der Waals surface area contributed by atoms with Gasteiger partial charge in [0.15, 0.2) is 0 Å². The molecule has 1 aromatic rings. The second kappa shape index (κ2) is 10.8. The Kier molecular flexibility index (Phi) is 9.44. The minimum atomic E-state index is -1.30. The number of ether oxygens (including phenoxy) is 2. The topological polar surface area (TPSA) is 58.6 Å². The van der Waals surface area contributed by atoms with Gasteiger partial charge >= 0.3 is 0 Å². The fraction of sp³-hybridized carbons (Fsp3) is 0.588. The number of carboxylic acid groups (broad SMARTS) is 1. The first kappa shape index (κ1) is 21.0. The Morgan fingerprint density at radius 3 is 2.54 bits per heavy atom. The molecule has 2 rings (SSSR count). The van der Waals surface area contributed by atoms with E-state index in [9.17, 15) is 9.90 Å². The lowest BCUT2D eigenvalue weighted by Crippen LogP contribution is -2.52. The van der Waals surface area contributed by atoms with Crippen LogP contribution in [0, 0.1) is 0 Å². The number of unbranched alkanes of at least 4 members (excludes halogenated alkanes) is 1. The van der Waals surface area contributed by atoms with Crippen LogP contribution < -0.4 is 9.84 Å². The van der Waals surface area contributed by atoms with Crippen molar-refractivity contribution >= 4 is 29.2 Å². The Bertz CT molecular complexity index is 519. The molecule has 1 aliphatic heterocycles. The molecule has 1 heterocycles. The molecule has 1 saturated heterocycles. The van der Waals surface area contributed by atoms with Crippen LogP contribution >= 0.6 is 23.2 Å². The minimum absolute atomic E-state index is 0.272. The number of likely N-dealkylation sites (N-methyl/N-ethyl adjacent to an activating group) is 1. The first-order valence-electron chi connectivity index (χ1n) is 8.05. The van der Waals surface area contributed by atoms with E-state index in [1.54, 1.807) is 6.07 Å². The van der Waals surface area contributed by atoms with Gasteiger partial charge < -0.3 is 23.9 Å². The molecule has 1 aliphatic rings. The van der Waals surface area contributed by atoms with Crippen molar-refractivity contribution < 1.29 is 23.9 Å². The Morgan fingerprint density at radius 2 is 2.00 bits per heavy atom. The minimum Gasteiger partial charge on any atom is -0.546 e. The van der Waals surface area contributed by atoms with Crippen molar-refractivity contribution in [2.45, 2.75) is 19.8 Å². The van der Waals surface area contributed by atoms with Crippen molar-refractivity contribution in [1.29, 1.82) is 0 Å². The summed E-state index contributed by atoms with van der Waals surface area (Å²) in [6.07, 6.45) is 2.67. The van der Waals surface area contributed by atoms with Crippen molar-refractivity contribution in [1.82, 2.24) is 0 Å². The summed E-state index contributed by atoms with van der Waals surface area (Å²) in [6.45, 7) is 7.40. The van der Waals surface area contributed by atoms with Crippen LogP contribution in [0.4, 0.5) is 0 Å². The molecule has 0 aromatic heterocycles. The number of carboxylic acids is 1. The van der Waals surface area contributed by atoms with Gasteiger partial charge in [-0.1, -0.05) is 36.5 Å². The van der Waals surface area contributed by atoms with Gasteiger partial charge in [0.2, 0.25) is 0 Å². The highest BCUT2D eigenvalue weighted by atomic mass is 35.5. The number of morpholine rings is 1. The third-order valence-electron chi connectivity index (χ3n) is 3.84. The number of carbonyl (C=O) groups is 1. The van der Waals surface area contributed by atoms with E-state index in [4.69, 9.17) is 32.7 Å². The summed E-state index contributed by atoms with van der Waals surface area (Å²) < 4.78 is 11.4. The lowest BCUT2D eigenvalue weighted by atomic mass is 10.2. The number of aliphatic carboxylic acids is 1. The van der Waals surface area contributed by atoms with Crippen molar-refractivity contribution in [2.75, 3.05) is 46.5 Å². The Labute approximate surface area is 153 Å². The van der Waals surface area contributed by atoms with E-state index in [-0.39, 0.29) is 10.8 Å². The van der Waals surface area contributed by atoms with Gasteiger partial charge in [0, 0.05) is 5.02 Å². The van der Waals surface area contributed by atoms with Crippen molar-refractivity contribution in [3.05, 3.63) is 28.2 Å². The highest BCUT2D eigenvalue weighted by molar-refractivity contribution is 6.35. The number of quaternary nitrogens is 1. The van der Waals surface area contributed by atoms with Crippen LogP contribution in [0.1, 0.15) is 19.8 Å². The maximum atomic E-state index is 10.0. The van der Waals surface area contributed by atoms with Crippen LogP contribution in [0.2, 0.25) is 10.0 Å². The van der Waals surface area contributed by atoms with E-state index in [0.29, 0.717) is 5.02 Å². The third-order valence-corrected chi connectivity index (χ3v) is 4.37. The molecule has 0 spiro atoms. The lowest BCUT2D eigenvalue weighted by Gasteiger charge is -2.37. The van der Waals surface area contributed by atoms with Gasteiger partial charge in [0.05, 0.1) is 37.8 Å². The largest absolute Gasteiger partial charge is 0.546 e. The zero-order valence-corrected chi connectivity index (χ0v) is 15.7. The number of hydrogen-bond acceptors (Lipinski definition) is 4. The number of nitrogens with zero attached hydrogens (tertiary/aromatic N) is 1. The van der Waals surface area contributed by atoms with E-state index in [1.807, 2.05) is 0 Å². The second-order valence-electron chi connectivity index (χ2n) is 5.99. The molecule has 0 radical (unpaired) electrons. The maximum Gasteiger partial charge on any atom is 0.138 e. The average molecular weight is 378 g/mol. The third kappa shape index (κ3) is 8.20. The smallest absolute Gasteiger partial charge is 0.138 e. The maximum absolute atomic E-state index is 10.0. The number of hydrogen-bond donors (Lipinski definition) is 0. The lowest BCUT2D eigenvalue weighted by molar-refractivity contribution is -0.917. The van der Waals surface area contributed by atoms with Crippen LogP contribution in [0.3, 0.4) is 0 Å². The predicted octanol–water partition coefficient (Wildman–Crippen LogP) is 2.39. The second-order valence-corrected chi connectivity index (χ2v) is 6.84. The van der Waals surface area contributed by atoms with Crippen molar-refractivity contribution in [3.63, 3.8) is 0 Å². The molecule has 5 nitrogen and oxygen atoms in total. The molecule has 0 atom stereocenters. The highest BCUT2D eigenvalue weighted by Crippen LogP contribution is 2.27. The summed E-state index contributed by atoms with van der Waals surface area (Å²) in [7, 11) is 2.35. The fourth-order valence-electron chi connectivity index (χ4n) is 2.28. The molecular weight excluding hydrogens is 353 g/mol. The summed E-state index contributed by atoms with van der Waals surface area (Å²) in [4.78, 5) is 10.0. The number of halogens is 2. The molecule has 24 heavy (non-hydrogen) atoms. The zero-order valence-electron chi connectivity index (χ0n) is 14.2. The molecule has 1 fully saturated rings. The standard InChI is InChI=1S/C9H20NO.C8H6Cl2O3/c1-3-4-5-10(2)6-8-11-9-7-10;9-5-1-2-7(6(10)3-5)13-4-8(11)12/h3-9H2,1-2H3;1-3H,4H2,(H,11,12)/q+1;/p-1. The molecule has 7 heteroatoms. The molecule has 1 aromatic carbocycles. The van der Waals surface area contributed by atoms with E-state index in [1.165, 1.54) is 49.1 Å². The van der Waals surface area contributed by atoms with Crippen LogP contribution in [0.25, 0.3) is 0 Å². The molecule has 0 unspecified atom stereocenters. The molecular formula is C17H25Cl2NO4. The average Bonchev–Trinajstić information content (AvgIpc) is 2.53. The highest BCUT2D eigenvalue weighted by Gasteiger charge is 2.23. The van der Waals surface area contributed by atoms with Gasteiger partial charge in [0.25, 0.3) is 0 Å². The van der Waals surface area contributed by atoms with E-state index in [0.717, 1.165) is 13.2 Å². The van der Waals surface area contributed by atoms with Crippen molar-refractivity contribution in [3.8, 4) is 5.75 Å². The van der Waals surface area contributed by atoms with Gasteiger partial charge in [-0.25, -0.2) is 0 Å². The predicted molar refractivity (Wildman–Crippen MR) is 93.5 cm³/mol.